The third-order valence-electron chi connectivity index (χ3n) is 2.59. The van der Waals surface area contributed by atoms with E-state index in [4.69, 9.17) is 10.4 Å². The zero-order valence-corrected chi connectivity index (χ0v) is 10.5. The Hall–Kier alpha value is -2.43. The minimum atomic E-state index is -1.40. The number of nitriles is 1. The lowest BCUT2D eigenvalue weighted by atomic mass is 9.97. The first-order chi connectivity index (χ1) is 9.47. The summed E-state index contributed by atoms with van der Waals surface area (Å²) in [5, 5.41) is 38.7. The molecule has 1 rings (SSSR count). The molecular weight excluding hydrogens is 264 g/mol. The molecule has 1 aromatic carbocycles. The van der Waals surface area contributed by atoms with Gasteiger partial charge in [-0.15, -0.1) is 0 Å². The van der Waals surface area contributed by atoms with E-state index in [1.54, 1.807) is 18.2 Å². The van der Waals surface area contributed by atoms with Crippen molar-refractivity contribution in [1.82, 2.24) is 5.32 Å². The van der Waals surface area contributed by atoms with Crippen molar-refractivity contribution in [3.63, 3.8) is 0 Å². The highest BCUT2D eigenvalue weighted by atomic mass is 16.4. The summed E-state index contributed by atoms with van der Waals surface area (Å²) < 4.78 is 0. The number of rotatable bonds is 6. The number of carbonyl (C=O) groups excluding carboxylic acids is 1. The minimum Gasteiger partial charge on any atom is -0.480 e. The second-order valence-electron chi connectivity index (χ2n) is 4.04. The van der Waals surface area contributed by atoms with Crippen LogP contribution < -0.4 is 5.32 Å². The van der Waals surface area contributed by atoms with Crippen LogP contribution in [-0.2, 0) is 4.79 Å². The van der Waals surface area contributed by atoms with Crippen LogP contribution in [0.4, 0.5) is 0 Å². The summed E-state index contributed by atoms with van der Waals surface area (Å²) >= 11 is 0. The normalized spacial score (nSPS) is 13.1. The molecule has 0 fully saturated rings. The van der Waals surface area contributed by atoms with E-state index in [2.05, 4.69) is 5.32 Å². The molecule has 0 spiro atoms. The number of amides is 1. The number of carbonyl (C=O) groups is 2. The van der Waals surface area contributed by atoms with Crippen molar-refractivity contribution >= 4 is 11.9 Å². The average molecular weight is 278 g/mol. The number of nitrogens with one attached hydrogen (secondary N) is 1. The van der Waals surface area contributed by atoms with Gasteiger partial charge in [0.25, 0.3) is 5.91 Å². The number of hydrogen-bond acceptors (Lipinski definition) is 5. The first-order valence-corrected chi connectivity index (χ1v) is 5.79. The van der Waals surface area contributed by atoms with Gasteiger partial charge in [0.15, 0.2) is 0 Å². The van der Waals surface area contributed by atoms with Gasteiger partial charge in [-0.05, 0) is 11.6 Å². The van der Waals surface area contributed by atoms with Gasteiger partial charge < -0.3 is 20.6 Å². The number of nitrogens with zero attached hydrogens (tertiary/aromatic N) is 1. The highest BCUT2D eigenvalue weighted by molar-refractivity contribution is 5.97. The Labute approximate surface area is 115 Å². The quantitative estimate of drug-likeness (QED) is 0.570. The first-order valence-electron chi connectivity index (χ1n) is 5.79. The molecule has 7 heteroatoms. The van der Waals surface area contributed by atoms with Gasteiger partial charge in [-0.1, -0.05) is 18.2 Å². The van der Waals surface area contributed by atoms with Crippen LogP contribution in [-0.4, -0.2) is 39.8 Å². The minimum absolute atomic E-state index is 0.0539. The summed E-state index contributed by atoms with van der Waals surface area (Å²) in [5.41, 5.74) is 0.191. The lowest BCUT2D eigenvalue weighted by molar-refractivity contribution is -0.135. The Morgan fingerprint density at radius 1 is 1.30 bits per heavy atom. The highest BCUT2D eigenvalue weighted by Gasteiger charge is 2.23. The number of carboxylic acids is 1. The Bertz CT molecular complexity index is 538. The molecule has 1 aromatic rings. The van der Waals surface area contributed by atoms with Crippen molar-refractivity contribution in [3.05, 3.63) is 35.4 Å². The molecule has 0 saturated heterocycles. The number of aliphatic hydroxyl groups is 2. The van der Waals surface area contributed by atoms with Crippen LogP contribution in [0.2, 0.25) is 0 Å². The number of aliphatic hydroxyl groups excluding tert-OH is 2. The first kappa shape index (κ1) is 15.6. The fourth-order valence-corrected chi connectivity index (χ4v) is 1.63. The predicted molar refractivity (Wildman–Crippen MR) is 67.6 cm³/mol. The van der Waals surface area contributed by atoms with E-state index in [9.17, 15) is 19.8 Å². The van der Waals surface area contributed by atoms with Crippen LogP contribution in [0.5, 0.6) is 0 Å². The average Bonchev–Trinajstić information content (AvgIpc) is 2.44. The monoisotopic (exact) mass is 278 g/mol. The maximum Gasteiger partial charge on any atom is 0.322 e. The van der Waals surface area contributed by atoms with Gasteiger partial charge in [0.1, 0.15) is 12.6 Å². The predicted octanol–water partition coefficient (Wildman–Crippen LogP) is -0.191. The van der Waals surface area contributed by atoms with Crippen LogP contribution >= 0.6 is 0 Å². The number of aliphatic carboxylic acids is 1. The summed E-state index contributed by atoms with van der Waals surface area (Å²) in [5.74, 6) is -1.87. The summed E-state index contributed by atoms with van der Waals surface area (Å²) in [6.07, 6.45) is -3.01. The van der Waals surface area contributed by atoms with Gasteiger partial charge in [-0.2, -0.15) is 5.26 Å². The lowest BCUT2D eigenvalue weighted by Gasteiger charge is -2.18. The third kappa shape index (κ3) is 4.05. The molecule has 2 atom stereocenters. The van der Waals surface area contributed by atoms with E-state index in [0.29, 0.717) is 0 Å². The van der Waals surface area contributed by atoms with E-state index in [-0.39, 0.29) is 17.5 Å². The summed E-state index contributed by atoms with van der Waals surface area (Å²) in [6, 6.07) is 7.65. The fraction of sp³-hybridized carbons (Fsp3) is 0.308. The third-order valence-corrected chi connectivity index (χ3v) is 2.59. The van der Waals surface area contributed by atoms with E-state index < -0.39 is 30.6 Å². The zero-order chi connectivity index (χ0) is 15.1. The molecule has 106 valence electrons. The molecule has 4 N–H and O–H groups in total. The van der Waals surface area contributed by atoms with Crippen LogP contribution in [0.25, 0.3) is 0 Å². The Morgan fingerprint density at radius 2 is 1.95 bits per heavy atom. The molecule has 0 aliphatic rings. The van der Waals surface area contributed by atoms with Gasteiger partial charge in [-0.3, -0.25) is 9.59 Å². The number of benzene rings is 1. The molecule has 0 aliphatic heterocycles. The van der Waals surface area contributed by atoms with Gasteiger partial charge >= 0.3 is 5.97 Å². The van der Waals surface area contributed by atoms with Gasteiger partial charge in [0, 0.05) is 5.56 Å². The van der Waals surface area contributed by atoms with Gasteiger partial charge in [0.05, 0.1) is 18.6 Å². The van der Waals surface area contributed by atoms with Crippen LogP contribution in [0, 0.1) is 11.3 Å². The van der Waals surface area contributed by atoms with Crippen molar-refractivity contribution in [2.24, 2.45) is 0 Å². The largest absolute Gasteiger partial charge is 0.480 e. The van der Waals surface area contributed by atoms with Crippen LogP contribution in [0.3, 0.4) is 0 Å². The van der Waals surface area contributed by atoms with Crippen LogP contribution in [0.1, 0.15) is 28.4 Å². The zero-order valence-electron chi connectivity index (χ0n) is 10.5. The molecule has 0 heterocycles. The van der Waals surface area contributed by atoms with E-state index in [1.807, 2.05) is 0 Å². The summed E-state index contributed by atoms with van der Waals surface area (Å²) in [6.45, 7) is -0.552. The molecular formula is C13H14N2O5. The topological polar surface area (TPSA) is 131 Å². The molecule has 0 radical (unpaired) electrons. The molecule has 7 nitrogen and oxygen atoms in total. The standard InChI is InChI=1S/C13H14N2O5/c14-6-5-10(16)12(19)8-3-1-2-4-9(8)13(20)15-7-11(17)18/h1-4,10,12,16,19H,5,7H2,(H,15,20)(H,17,18). The Balaban J connectivity index is 2.96. The number of hydrogen-bond donors (Lipinski definition) is 4. The van der Waals surface area contributed by atoms with Crippen molar-refractivity contribution in [1.29, 1.82) is 5.26 Å². The molecule has 0 aliphatic carbocycles. The van der Waals surface area contributed by atoms with Gasteiger partial charge in [0.2, 0.25) is 0 Å². The van der Waals surface area contributed by atoms with E-state index in [0.717, 1.165) is 0 Å². The van der Waals surface area contributed by atoms with E-state index >= 15 is 0 Å². The Morgan fingerprint density at radius 3 is 2.55 bits per heavy atom. The highest BCUT2D eigenvalue weighted by Crippen LogP contribution is 2.22. The van der Waals surface area contributed by atoms with E-state index in [1.165, 1.54) is 12.1 Å². The van der Waals surface area contributed by atoms with Crippen molar-refractivity contribution < 1.29 is 24.9 Å². The van der Waals surface area contributed by atoms with Crippen molar-refractivity contribution in [2.75, 3.05) is 6.54 Å². The molecule has 2 unspecified atom stereocenters. The van der Waals surface area contributed by atoms with Crippen molar-refractivity contribution in [3.8, 4) is 6.07 Å². The smallest absolute Gasteiger partial charge is 0.322 e. The molecule has 0 aromatic heterocycles. The second kappa shape index (κ2) is 7.23. The molecule has 0 bridgehead atoms. The van der Waals surface area contributed by atoms with Gasteiger partial charge in [-0.25, -0.2) is 0 Å². The molecule has 1 amide bonds. The second-order valence-corrected chi connectivity index (χ2v) is 4.04. The molecule has 0 saturated carbocycles. The van der Waals surface area contributed by atoms with Crippen molar-refractivity contribution in [2.45, 2.75) is 18.6 Å². The number of carboxylic acid groups (broad SMARTS) is 1. The Kier molecular flexibility index (Phi) is 5.65. The maximum absolute atomic E-state index is 11.8. The lowest BCUT2D eigenvalue weighted by Crippen LogP contribution is -2.31. The maximum atomic E-state index is 11.8. The fourth-order valence-electron chi connectivity index (χ4n) is 1.63. The summed E-state index contributed by atoms with van der Waals surface area (Å²) in [4.78, 5) is 22.2. The molecule has 20 heavy (non-hydrogen) atoms. The summed E-state index contributed by atoms with van der Waals surface area (Å²) in [7, 11) is 0. The SMILES string of the molecule is N#CCC(O)C(O)c1ccccc1C(=O)NCC(=O)O. The van der Waals surface area contributed by atoms with Crippen LogP contribution in [0.15, 0.2) is 24.3 Å².